The smallest absolute Gasteiger partial charge is 0.315 e. The molecule has 0 aliphatic rings. The van der Waals surface area contributed by atoms with Crippen LogP contribution in [0.5, 0.6) is 5.75 Å². The standard InChI is InChI=1S/C17H23N3O2S/c1-12(4-5-14-6-8-15(22-3)9-7-14)20-17(21)19-11-16-18-10-13(2)23-16/h6-10,12H,4-5,11H2,1-3H3,(H2,19,20,21)/t12-/m1/s1. The third-order valence-corrected chi connectivity index (χ3v) is 4.38. The Kier molecular flexibility index (Phi) is 6.40. The molecule has 0 bridgehead atoms. The number of urea groups is 1. The van der Waals surface area contributed by atoms with E-state index in [1.165, 1.54) is 5.56 Å². The molecule has 1 aromatic heterocycles. The van der Waals surface area contributed by atoms with Gasteiger partial charge >= 0.3 is 6.03 Å². The molecule has 0 unspecified atom stereocenters. The minimum atomic E-state index is -0.153. The number of aromatic nitrogens is 1. The number of nitrogens with one attached hydrogen (secondary N) is 2. The Morgan fingerprint density at radius 3 is 2.70 bits per heavy atom. The van der Waals surface area contributed by atoms with Crippen molar-refractivity contribution in [3.63, 3.8) is 0 Å². The molecule has 0 spiro atoms. The molecule has 2 N–H and O–H groups in total. The zero-order valence-electron chi connectivity index (χ0n) is 13.8. The Balaban J connectivity index is 1.68. The Hall–Kier alpha value is -2.08. The average molecular weight is 333 g/mol. The van der Waals surface area contributed by atoms with Crippen LogP contribution in [0.2, 0.25) is 0 Å². The van der Waals surface area contributed by atoms with E-state index in [1.807, 2.05) is 32.2 Å². The summed E-state index contributed by atoms with van der Waals surface area (Å²) < 4.78 is 5.14. The quantitative estimate of drug-likeness (QED) is 0.817. The van der Waals surface area contributed by atoms with Gasteiger partial charge < -0.3 is 15.4 Å². The summed E-state index contributed by atoms with van der Waals surface area (Å²) in [5.41, 5.74) is 1.23. The van der Waals surface area contributed by atoms with Gasteiger partial charge in [-0.1, -0.05) is 12.1 Å². The van der Waals surface area contributed by atoms with E-state index in [2.05, 4.69) is 27.8 Å². The highest BCUT2D eigenvalue weighted by atomic mass is 32.1. The van der Waals surface area contributed by atoms with Gasteiger partial charge in [-0.2, -0.15) is 0 Å². The minimum absolute atomic E-state index is 0.107. The van der Waals surface area contributed by atoms with Crippen molar-refractivity contribution in [3.05, 3.63) is 45.9 Å². The first-order valence-corrected chi connectivity index (χ1v) is 8.47. The van der Waals surface area contributed by atoms with Crippen LogP contribution in [0.3, 0.4) is 0 Å². The molecular formula is C17H23N3O2S. The van der Waals surface area contributed by atoms with Gasteiger partial charge in [-0.05, 0) is 44.4 Å². The highest BCUT2D eigenvalue weighted by Crippen LogP contribution is 2.13. The Morgan fingerprint density at radius 1 is 1.35 bits per heavy atom. The van der Waals surface area contributed by atoms with Crippen LogP contribution in [0.4, 0.5) is 4.79 Å². The lowest BCUT2D eigenvalue weighted by molar-refractivity contribution is 0.237. The van der Waals surface area contributed by atoms with Gasteiger partial charge in [0.1, 0.15) is 10.8 Å². The molecule has 0 saturated heterocycles. The number of hydrogen-bond acceptors (Lipinski definition) is 4. The number of ether oxygens (including phenoxy) is 1. The number of nitrogens with zero attached hydrogens (tertiary/aromatic N) is 1. The predicted octanol–water partition coefficient (Wildman–Crippen LogP) is 3.28. The highest BCUT2D eigenvalue weighted by Gasteiger charge is 2.08. The molecule has 0 fully saturated rings. The average Bonchev–Trinajstić information content (AvgIpc) is 2.97. The van der Waals surface area contributed by atoms with Crippen molar-refractivity contribution >= 4 is 17.4 Å². The van der Waals surface area contributed by atoms with E-state index in [1.54, 1.807) is 18.4 Å². The second kappa shape index (κ2) is 8.53. The number of amides is 2. The molecule has 0 aliphatic heterocycles. The van der Waals surface area contributed by atoms with Crippen LogP contribution < -0.4 is 15.4 Å². The van der Waals surface area contributed by atoms with Crippen molar-refractivity contribution in [3.8, 4) is 5.75 Å². The van der Waals surface area contributed by atoms with Crippen molar-refractivity contribution in [1.29, 1.82) is 0 Å². The fourth-order valence-corrected chi connectivity index (χ4v) is 2.89. The zero-order chi connectivity index (χ0) is 16.7. The van der Waals surface area contributed by atoms with E-state index in [4.69, 9.17) is 4.74 Å². The summed E-state index contributed by atoms with van der Waals surface area (Å²) in [5.74, 6) is 0.858. The first-order chi connectivity index (χ1) is 11.1. The van der Waals surface area contributed by atoms with E-state index in [9.17, 15) is 4.79 Å². The number of carbonyl (C=O) groups is 1. The summed E-state index contributed by atoms with van der Waals surface area (Å²) >= 11 is 1.60. The Bertz CT molecular complexity index is 625. The molecule has 0 aliphatic carbocycles. The Labute approximate surface area is 141 Å². The van der Waals surface area contributed by atoms with Crippen molar-refractivity contribution in [2.45, 2.75) is 39.3 Å². The zero-order valence-corrected chi connectivity index (χ0v) is 14.6. The van der Waals surface area contributed by atoms with Gasteiger partial charge in [0.25, 0.3) is 0 Å². The maximum absolute atomic E-state index is 11.9. The van der Waals surface area contributed by atoms with Gasteiger partial charge in [0, 0.05) is 17.1 Å². The summed E-state index contributed by atoms with van der Waals surface area (Å²) in [6, 6.07) is 7.97. The van der Waals surface area contributed by atoms with E-state index >= 15 is 0 Å². The number of carbonyl (C=O) groups excluding carboxylic acids is 1. The fraction of sp³-hybridized carbons (Fsp3) is 0.412. The molecule has 5 nitrogen and oxygen atoms in total. The van der Waals surface area contributed by atoms with Crippen molar-refractivity contribution in [2.75, 3.05) is 7.11 Å². The number of aryl methyl sites for hydroxylation is 2. The van der Waals surface area contributed by atoms with Crippen LogP contribution in [0.1, 0.15) is 28.8 Å². The van der Waals surface area contributed by atoms with Crippen LogP contribution in [0.15, 0.2) is 30.5 Å². The van der Waals surface area contributed by atoms with E-state index in [-0.39, 0.29) is 12.1 Å². The summed E-state index contributed by atoms with van der Waals surface area (Å²) in [5, 5.41) is 6.71. The van der Waals surface area contributed by atoms with E-state index in [0.717, 1.165) is 28.5 Å². The molecule has 0 radical (unpaired) electrons. The first-order valence-electron chi connectivity index (χ1n) is 7.65. The second-order valence-corrected chi connectivity index (χ2v) is 6.80. The summed E-state index contributed by atoms with van der Waals surface area (Å²) in [6.45, 7) is 4.48. The Morgan fingerprint density at radius 2 is 2.09 bits per heavy atom. The fourth-order valence-electron chi connectivity index (χ4n) is 2.16. The van der Waals surface area contributed by atoms with Gasteiger partial charge in [0.2, 0.25) is 0 Å². The lowest BCUT2D eigenvalue weighted by Gasteiger charge is -2.14. The van der Waals surface area contributed by atoms with Crippen LogP contribution in [-0.2, 0) is 13.0 Å². The predicted molar refractivity (Wildman–Crippen MR) is 93.0 cm³/mol. The van der Waals surface area contributed by atoms with Crippen LogP contribution in [-0.4, -0.2) is 24.2 Å². The van der Waals surface area contributed by atoms with E-state index in [0.29, 0.717) is 6.54 Å². The van der Waals surface area contributed by atoms with Gasteiger partial charge in [-0.15, -0.1) is 11.3 Å². The lowest BCUT2D eigenvalue weighted by Crippen LogP contribution is -2.40. The molecule has 2 amide bonds. The highest BCUT2D eigenvalue weighted by molar-refractivity contribution is 7.11. The van der Waals surface area contributed by atoms with Crippen molar-refractivity contribution in [1.82, 2.24) is 15.6 Å². The lowest BCUT2D eigenvalue weighted by atomic mass is 10.1. The number of thiazole rings is 1. The molecule has 124 valence electrons. The molecule has 1 aromatic carbocycles. The topological polar surface area (TPSA) is 63.2 Å². The van der Waals surface area contributed by atoms with Crippen molar-refractivity contribution in [2.24, 2.45) is 0 Å². The monoisotopic (exact) mass is 333 g/mol. The third-order valence-electron chi connectivity index (χ3n) is 3.47. The second-order valence-electron chi connectivity index (χ2n) is 5.48. The molecular weight excluding hydrogens is 310 g/mol. The third kappa shape index (κ3) is 5.90. The molecule has 0 saturated carbocycles. The van der Waals surface area contributed by atoms with Gasteiger partial charge in [0.15, 0.2) is 0 Å². The van der Waals surface area contributed by atoms with Gasteiger partial charge in [0.05, 0.1) is 13.7 Å². The van der Waals surface area contributed by atoms with E-state index < -0.39 is 0 Å². The maximum Gasteiger partial charge on any atom is 0.315 e. The maximum atomic E-state index is 11.9. The number of hydrogen-bond donors (Lipinski definition) is 2. The molecule has 6 heteroatoms. The molecule has 1 atom stereocenters. The molecule has 2 rings (SSSR count). The first kappa shape index (κ1) is 17.3. The van der Waals surface area contributed by atoms with Gasteiger partial charge in [-0.25, -0.2) is 9.78 Å². The van der Waals surface area contributed by atoms with Gasteiger partial charge in [-0.3, -0.25) is 0 Å². The summed E-state index contributed by atoms with van der Waals surface area (Å²) in [6.07, 6.45) is 3.62. The van der Waals surface area contributed by atoms with Crippen molar-refractivity contribution < 1.29 is 9.53 Å². The normalized spacial score (nSPS) is 11.8. The van der Waals surface area contributed by atoms with Crippen LogP contribution in [0, 0.1) is 6.92 Å². The molecule has 1 heterocycles. The van der Waals surface area contributed by atoms with Crippen LogP contribution in [0.25, 0.3) is 0 Å². The SMILES string of the molecule is COc1ccc(CC[C@@H](C)NC(=O)NCc2ncc(C)s2)cc1. The number of methoxy groups -OCH3 is 1. The number of rotatable bonds is 7. The van der Waals surface area contributed by atoms with Crippen LogP contribution >= 0.6 is 11.3 Å². The largest absolute Gasteiger partial charge is 0.497 e. The number of benzene rings is 1. The molecule has 23 heavy (non-hydrogen) atoms. The summed E-state index contributed by atoms with van der Waals surface area (Å²) in [7, 11) is 1.66. The summed E-state index contributed by atoms with van der Waals surface area (Å²) in [4.78, 5) is 17.2. The molecule has 2 aromatic rings. The minimum Gasteiger partial charge on any atom is -0.497 e.